The molecule has 5 rings (SSSR count). The minimum Gasteiger partial charge on any atom is -0.492 e. The van der Waals surface area contributed by atoms with Crippen LogP contribution in [0.4, 0.5) is 24.7 Å². The van der Waals surface area contributed by atoms with Gasteiger partial charge < -0.3 is 14.5 Å². The first-order chi connectivity index (χ1) is 17.3. The number of hydrogen-bond acceptors (Lipinski definition) is 7. The molecular formula is C24H29ClF3N7O. The summed E-state index contributed by atoms with van der Waals surface area (Å²) >= 11 is 6.44. The zero-order chi connectivity index (χ0) is 25.3. The Hall–Kier alpha value is -2.79. The van der Waals surface area contributed by atoms with Crippen LogP contribution in [0.3, 0.4) is 0 Å². The average molecular weight is 524 g/mol. The summed E-state index contributed by atoms with van der Waals surface area (Å²) in [6, 6.07) is 3.77. The Kier molecular flexibility index (Phi) is 7.11. The third kappa shape index (κ3) is 5.17. The minimum atomic E-state index is -4.60. The van der Waals surface area contributed by atoms with Gasteiger partial charge in [0.25, 0.3) is 0 Å². The number of alkyl halides is 3. The predicted octanol–water partition coefficient (Wildman–Crippen LogP) is 4.52. The number of benzene rings is 1. The summed E-state index contributed by atoms with van der Waals surface area (Å²) in [7, 11) is 0. The van der Waals surface area contributed by atoms with Crippen LogP contribution in [0, 0.1) is 6.92 Å². The molecule has 2 aromatic heterocycles. The van der Waals surface area contributed by atoms with E-state index >= 15 is 0 Å². The molecule has 0 saturated carbocycles. The number of aromatic amines is 1. The van der Waals surface area contributed by atoms with Gasteiger partial charge in [-0.1, -0.05) is 18.0 Å². The first-order valence-electron chi connectivity index (χ1n) is 12.2. The van der Waals surface area contributed by atoms with Gasteiger partial charge in [0.1, 0.15) is 24.5 Å². The molecule has 2 saturated heterocycles. The van der Waals surface area contributed by atoms with Gasteiger partial charge in [-0.2, -0.15) is 18.3 Å². The maximum absolute atomic E-state index is 13.5. The van der Waals surface area contributed by atoms with Crippen molar-refractivity contribution in [3.8, 4) is 5.75 Å². The van der Waals surface area contributed by atoms with E-state index in [2.05, 4.69) is 30.0 Å². The molecule has 2 aliphatic heterocycles. The van der Waals surface area contributed by atoms with E-state index in [1.54, 1.807) is 0 Å². The lowest BCUT2D eigenvalue weighted by molar-refractivity contribution is -0.139. The molecule has 194 valence electrons. The van der Waals surface area contributed by atoms with Gasteiger partial charge in [-0.25, -0.2) is 9.97 Å². The highest BCUT2D eigenvalue weighted by atomic mass is 35.5. The van der Waals surface area contributed by atoms with E-state index < -0.39 is 11.9 Å². The van der Waals surface area contributed by atoms with E-state index in [0.717, 1.165) is 36.6 Å². The Bertz CT molecular complexity index is 1200. The van der Waals surface area contributed by atoms with Crippen LogP contribution in [0.5, 0.6) is 5.75 Å². The summed E-state index contributed by atoms with van der Waals surface area (Å²) in [5.74, 6) is 1.01. The maximum atomic E-state index is 13.5. The summed E-state index contributed by atoms with van der Waals surface area (Å²) in [4.78, 5) is 14.6. The number of piperidine rings is 1. The number of halogens is 4. The van der Waals surface area contributed by atoms with Crippen molar-refractivity contribution in [3.05, 3.63) is 34.7 Å². The monoisotopic (exact) mass is 523 g/mol. The molecule has 0 bridgehead atoms. The van der Waals surface area contributed by atoms with E-state index in [1.165, 1.54) is 25.6 Å². The van der Waals surface area contributed by atoms with Crippen LogP contribution in [0.25, 0.3) is 11.0 Å². The van der Waals surface area contributed by atoms with Crippen LogP contribution in [-0.2, 0) is 6.18 Å². The molecule has 1 N–H and O–H groups in total. The van der Waals surface area contributed by atoms with E-state index in [4.69, 9.17) is 16.3 Å². The van der Waals surface area contributed by atoms with Crippen molar-refractivity contribution in [2.45, 2.75) is 32.4 Å². The number of anilines is 2. The number of ether oxygens (including phenoxy) is 1. The molecule has 0 unspecified atom stereocenters. The minimum absolute atomic E-state index is 0.0757. The molecule has 1 aromatic carbocycles. The third-order valence-electron chi connectivity index (χ3n) is 6.94. The summed E-state index contributed by atoms with van der Waals surface area (Å²) in [6.45, 7) is 7.93. The van der Waals surface area contributed by atoms with Gasteiger partial charge in [0.05, 0.1) is 5.39 Å². The van der Waals surface area contributed by atoms with Crippen molar-refractivity contribution in [2.75, 3.05) is 62.2 Å². The molecule has 2 fully saturated rings. The topological polar surface area (TPSA) is 73.4 Å². The van der Waals surface area contributed by atoms with Crippen molar-refractivity contribution in [2.24, 2.45) is 0 Å². The highest BCUT2D eigenvalue weighted by Gasteiger charge is 2.38. The fourth-order valence-corrected chi connectivity index (χ4v) is 5.24. The number of likely N-dealkylation sites (tertiary alicyclic amines) is 1. The number of nitrogens with zero attached hydrogens (tertiary/aromatic N) is 6. The molecule has 4 heterocycles. The Morgan fingerprint density at radius 1 is 1.00 bits per heavy atom. The quantitative estimate of drug-likeness (QED) is 0.509. The number of nitrogens with one attached hydrogen (secondary N) is 1. The van der Waals surface area contributed by atoms with E-state index in [0.29, 0.717) is 37.8 Å². The van der Waals surface area contributed by atoms with Crippen LogP contribution in [0.15, 0.2) is 18.5 Å². The molecule has 2 aliphatic rings. The molecule has 0 spiro atoms. The average Bonchev–Trinajstić information content (AvgIpc) is 3.32. The van der Waals surface area contributed by atoms with E-state index in [9.17, 15) is 13.2 Å². The third-order valence-corrected chi connectivity index (χ3v) is 7.16. The molecule has 0 amide bonds. The van der Waals surface area contributed by atoms with Gasteiger partial charge in [-0.3, -0.25) is 10.00 Å². The van der Waals surface area contributed by atoms with Gasteiger partial charge in [0.15, 0.2) is 11.3 Å². The normalized spacial score (nSPS) is 17.7. The van der Waals surface area contributed by atoms with E-state index in [-0.39, 0.29) is 16.9 Å². The van der Waals surface area contributed by atoms with Gasteiger partial charge in [0.2, 0.25) is 0 Å². The smallest absolute Gasteiger partial charge is 0.435 e. The van der Waals surface area contributed by atoms with Crippen LogP contribution >= 0.6 is 11.6 Å². The lowest BCUT2D eigenvalue weighted by Crippen LogP contribution is -2.47. The van der Waals surface area contributed by atoms with Crippen molar-refractivity contribution >= 4 is 34.1 Å². The second-order valence-electron chi connectivity index (χ2n) is 9.26. The molecule has 0 radical (unpaired) electrons. The van der Waals surface area contributed by atoms with E-state index in [1.807, 2.05) is 24.0 Å². The molecule has 12 heteroatoms. The highest BCUT2D eigenvalue weighted by molar-refractivity contribution is 6.31. The Morgan fingerprint density at radius 3 is 2.44 bits per heavy atom. The number of hydrogen-bond donors (Lipinski definition) is 1. The first kappa shape index (κ1) is 24.9. The van der Waals surface area contributed by atoms with Gasteiger partial charge in [-0.05, 0) is 45.0 Å². The predicted molar refractivity (Wildman–Crippen MR) is 133 cm³/mol. The number of rotatable bonds is 6. The standard InChI is InChI=1S/C24H29ClF3N7O/c1-16-18(13-17(25)14-19(16)36-12-11-33-5-3-2-4-6-33)34-7-9-35(10-8-34)23-20-21(24(26,27)28)31-32-22(20)29-15-30-23/h13-15H,2-12H2,1H3,(H,29,30,31,32). The number of aromatic nitrogens is 4. The Morgan fingerprint density at radius 2 is 1.72 bits per heavy atom. The maximum Gasteiger partial charge on any atom is 0.435 e. The van der Waals surface area contributed by atoms with Gasteiger partial charge >= 0.3 is 6.18 Å². The molecule has 3 aromatic rings. The largest absolute Gasteiger partial charge is 0.492 e. The van der Waals surface area contributed by atoms with Crippen molar-refractivity contribution in [3.63, 3.8) is 0 Å². The Balaban J connectivity index is 1.28. The van der Waals surface area contributed by atoms with Crippen molar-refractivity contribution in [1.82, 2.24) is 25.1 Å². The molecule has 8 nitrogen and oxygen atoms in total. The summed E-state index contributed by atoms with van der Waals surface area (Å²) in [5, 5.41) is 6.32. The number of fused-ring (bicyclic) bond motifs is 1. The zero-order valence-corrected chi connectivity index (χ0v) is 20.9. The number of H-pyrrole nitrogens is 1. The first-order valence-corrected chi connectivity index (χ1v) is 12.6. The second-order valence-corrected chi connectivity index (χ2v) is 9.70. The summed E-state index contributed by atoms with van der Waals surface area (Å²) < 4.78 is 46.6. The second kappa shape index (κ2) is 10.3. The van der Waals surface area contributed by atoms with Gasteiger partial charge in [0, 0.05) is 49.0 Å². The molecular weight excluding hydrogens is 495 g/mol. The van der Waals surface area contributed by atoms with Crippen molar-refractivity contribution in [1.29, 1.82) is 0 Å². The highest BCUT2D eigenvalue weighted by Crippen LogP contribution is 2.37. The lowest BCUT2D eigenvalue weighted by atomic mass is 10.1. The van der Waals surface area contributed by atoms with Gasteiger partial charge in [-0.15, -0.1) is 0 Å². The fourth-order valence-electron chi connectivity index (χ4n) is 5.03. The lowest BCUT2D eigenvalue weighted by Gasteiger charge is -2.38. The van der Waals surface area contributed by atoms with Crippen LogP contribution in [0.1, 0.15) is 30.5 Å². The summed E-state index contributed by atoms with van der Waals surface area (Å²) in [5.41, 5.74) is 1.06. The van der Waals surface area contributed by atoms with Crippen LogP contribution in [0.2, 0.25) is 5.02 Å². The van der Waals surface area contributed by atoms with Crippen LogP contribution < -0.4 is 14.5 Å². The summed E-state index contributed by atoms with van der Waals surface area (Å²) in [6.07, 6.45) is 0.448. The number of piperazine rings is 1. The Labute approximate surface area is 212 Å². The SMILES string of the molecule is Cc1c(OCCN2CCCCC2)cc(Cl)cc1N1CCN(c2ncnc3[nH]nc(C(F)(F)F)c23)CC1. The fraction of sp³-hybridized carbons (Fsp3) is 0.542. The molecule has 36 heavy (non-hydrogen) atoms. The molecule has 0 atom stereocenters. The van der Waals surface area contributed by atoms with Crippen LogP contribution in [-0.4, -0.2) is 77.5 Å². The zero-order valence-electron chi connectivity index (χ0n) is 20.1. The molecule has 0 aliphatic carbocycles. The van der Waals surface area contributed by atoms with Crippen molar-refractivity contribution < 1.29 is 17.9 Å².